The van der Waals surface area contributed by atoms with Crippen molar-refractivity contribution in [2.75, 3.05) is 7.11 Å². The summed E-state index contributed by atoms with van der Waals surface area (Å²) in [4.78, 5) is 12.1. The van der Waals surface area contributed by atoms with Crippen molar-refractivity contribution in [1.82, 2.24) is 0 Å². The number of halogens is 3. The van der Waals surface area contributed by atoms with Gasteiger partial charge < -0.3 is 4.74 Å². The van der Waals surface area contributed by atoms with Crippen molar-refractivity contribution in [3.8, 4) is 11.1 Å². The second-order valence-corrected chi connectivity index (χ2v) is 6.09. The molecule has 0 heterocycles. The smallest absolute Gasteiger partial charge is 0.167 e. The number of carbonyl (C=O) groups is 1. The second-order valence-electron chi connectivity index (χ2n) is 5.25. The van der Waals surface area contributed by atoms with E-state index in [2.05, 4.69) is 0 Å². The monoisotopic (exact) mass is 350 g/mol. The SMILES string of the molecule is COC1=C(c2c(F)cc(-c3ccc(Cl)cc3)cc2Cl)C(=O)CC1. The van der Waals surface area contributed by atoms with E-state index in [0.717, 1.165) is 5.56 Å². The van der Waals surface area contributed by atoms with Gasteiger partial charge in [-0.15, -0.1) is 0 Å². The van der Waals surface area contributed by atoms with Crippen LogP contribution >= 0.6 is 23.2 Å². The first kappa shape index (κ1) is 16.0. The highest BCUT2D eigenvalue weighted by Crippen LogP contribution is 2.38. The lowest BCUT2D eigenvalue weighted by molar-refractivity contribution is -0.113. The number of hydrogen-bond donors (Lipinski definition) is 0. The minimum atomic E-state index is -0.540. The molecule has 0 saturated heterocycles. The van der Waals surface area contributed by atoms with E-state index in [1.54, 1.807) is 30.3 Å². The molecule has 2 nitrogen and oxygen atoms in total. The van der Waals surface area contributed by atoms with Gasteiger partial charge in [-0.25, -0.2) is 4.39 Å². The first-order chi connectivity index (χ1) is 11.0. The Kier molecular flexibility index (Phi) is 4.42. The molecule has 2 aromatic rings. The zero-order chi connectivity index (χ0) is 16.6. The molecule has 5 heteroatoms. The van der Waals surface area contributed by atoms with Crippen LogP contribution in [0.15, 0.2) is 42.2 Å². The van der Waals surface area contributed by atoms with Gasteiger partial charge in [-0.05, 0) is 35.4 Å². The van der Waals surface area contributed by atoms with Gasteiger partial charge in [0.2, 0.25) is 0 Å². The van der Waals surface area contributed by atoms with Crippen molar-refractivity contribution in [2.45, 2.75) is 12.8 Å². The van der Waals surface area contributed by atoms with Crippen LogP contribution in [0.3, 0.4) is 0 Å². The number of ether oxygens (including phenoxy) is 1. The summed E-state index contributed by atoms with van der Waals surface area (Å²) >= 11 is 12.1. The van der Waals surface area contributed by atoms with Gasteiger partial charge in [0.1, 0.15) is 11.6 Å². The van der Waals surface area contributed by atoms with E-state index in [1.807, 2.05) is 0 Å². The lowest BCUT2D eigenvalue weighted by Gasteiger charge is -2.11. The lowest BCUT2D eigenvalue weighted by Crippen LogP contribution is -2.01. The average Bonchev–Trinajstić information content (AvgIpc) is 2.88. The van der Waals surface area contributed by atoms with Crippen LogP contribution in [-0.2, 0) is 9.53 Å². The summed E-state index contributed by atoms with van der Waals surface area (Å²) in [5.74, 6) is -0.209. The number of ketones is 1. The van der Waals surface area contributed by atoms with Crippen molar-refractivity contribution in [3.63, 3.8) is 0 Å². The number of Topliss-reactive ketones (excluding diaryl/α,β-unsaturated/α-hetero) is 1. The number of rotatable bonds is 3. The standard InChI is InChI=1S/C18H13Cl2FO2/c1-23-16-7-6-15(22)18(16)17-13(20)8-11(9-14(17)21)10-2-4-12(19)5-3-10/h2-5,8-9H,6-7H2,1H3. The molecule has 2 aromatic carbocycles. The highest BCUT2D eigenvalue weighted by atomic mass is 35.5. The Labute approximate surface area is 143 Å². The molecule has 0 N–H and O–H groups in total. The fraction of sp³-hybridized carbons (Fsp3) is 0.167. The van der Waals surface area contributed by atoms with E-state index in [9.17, 15) is 9.18 Å². The zero-order valence-corrected chi connectivity index (χ0v) is 13.8. The van der Waals surface area contributed by atoms with Gasteiger partial charge in [0, 0.05) is 23.4 Å². The summed E-state index contributed by atoms with van der Waals surface area (Å²) in [5.41, 5.74) is 1.78. The maximum absolute atomic E-state index is 14.7. The number of carbonyl (C=O) groups excluding carboxylic acids is 1. The highest BCUT2D eigenvalue weighted by molar-refractivity contribution is 6.36. The molecule has 0 amide bonds. The van der Waals surface area contributed by atoms with Crippen LogP contribution in [0.4, 0.5) is 4.39 Å². The first-order valence-corrected chi connectivity index (χ1v) is 7.82. The Hall–Kier alpha value is -1.84. The molecule has 118 valence electrons. The van der Waals surface area contributed by atoms with Gasteiger partial charge in [-0.1, -0.05) is 35.3 Å². The molecule has 0 spiro atoms. The minimum Gasteiger partial charge on any atom is -0.500 e. The predicted molar refractivity (Wildman–Crippen MR) is 90.0 cm³/mol. The van der Waals surface area contributed by atoms with Crippen molar-refractivity contribution < 1.29 is 13.9 Å². The summed E-state index contributed by atoms with van der Waals surface area (Å²) in [5, 5.41) is 0.790. The van der Waals surface area contributed by atoms with E-state index in [1.165, 1.54) is 13.2 Å². The average molecular weight is 351 g/mol. The third-order valence-corrected chi connectivity index (χ3v) is 4.40. The predicted octanol–water partition coefficient (Wildman–Crippen LogP) is 5.52. The van der Waals surface area contributed by atoms with E-state index in [0.29, 0.717) is 29.2 Å². The molecule has 3 rings (SSSR count). The van der Waals surface area contributed by atoms with Crippen LogP contribution in [0, 0.1) is 5.82 Å². The van der Waals surface area contributed by atoms with E-state index in [4.69, 9.17) is 27.9 Å². The van der Waals surface area contributed by atoms with E-state index >= 15 is 0 Å². The molecule has 0 unspecified atom stereocenters. The maximum Gasteiger partial charge on any atom is 0.167 e. The van der Waals surface area contributed by atoms with Gasteiger partial charge >= 0.3 is 0 Å². The van der Waals surface area contributed by atoms with Crippen LogP contribution < -0.4 is 0 Å². The van der Waals surface area contributed by atoms with Crippen LogP contribution in [0.1, 0.15) is 18.4 Å². The fourth-order valence-electron chi connectivity index (χ4n) is 2.74. The molecular weight excluding hydrogens is 338 g/mol. The Morgan fingerprint density at radius 2 is 1.74 bits per heavy atom. The Morgan fingerprint density at radius 1 is 1.04 bits per heavy atom. The molecule has 0 aliphatic heterocycles. The fourth-order valence-corrected chi connectivity index (χ4v) is 3.16. The van der Waals surface area contributed by atoms with Gasteiger partial charge in [-0.3, -0.25) is 4.79 Å². The summed E-state index contributed by atoms with van der Waals surface area (Å²) < 4.78 is 19.9. The summed E-state index contributed by atoms with van der Waals surface area (Å²) in [6.45, 7) is 0. The number of allylic oxidation sites excluding steroid dienone is 2. The number of hydrogen-bond acceptors (Lipinski definition) is 2. The number of methoxy groups -OCH3 is 1. The van der Waals surface area contributed by atoms with Gasteiger partial charge in [0.05, 0.1) is 17.7 Å². The topological polar surface area (TPSA) is 26.3 Å². The van der Waals surface area contributed by atoms with Gasteiger partial charge in [0.25, 0.3) is 0 Å². The first-order valence-electron chi connectivity index (χ1n) is 7.07. The van der Waals surface area contributed by atoms with E-state index < -0.39 is 5.82 Å². The van der Waals surface area contributed by atoms with Crippen LogP contribution in [0.25, 0.3) is 16.7 Å². The Balaban J connectivity index is 2.12. The molecule has 0 atom stereocenters. The lowest BCUT2D eigenvalue weighted by atomic mass is 9.98. The highest BCUT2D eigenvalue weighted by Gasteiger charge is 2.29. The molecule has 0 radical (unpaired) electrons. The third-order valence-electron chi connectivity index (χ3n) is 3.85. The molecule has 1 aliphatic carbocycles. The Bertz CT molecular complexity index is 787. The van der Waals surface area contributed by atoms with Crippen molar-refractivity contribution in [3.05, 3.63) is 63.6 Å². The third kappa shape index (κ3) is 2.99. The molecule has 0 bridgehead atoms. The normalized spacial score (nSPS) is 14.5. The quantitative estimate of drug-likeness (QED) is 0.728. The van der Waals surface area contributed by atoms with Crippen LogP contribution in [-0.4, -0.2) is 12.9 Å². The van der Waals surface area contributed by atoms with Crippen molar-refractivity contribution in [1.29, 1.82) is 0 Å². The van der Waals surface area contributed by atoms with E-state index in [-0.39, 0.29) is 21.9 Å². The van der Waals surface area contributed by atoms with Gasteiger partial charge in [0.15, 0.2) is 5.78 Å². The van der Waals surface area contributed by atoms with Crippen LogP contribution in [0.5, 0.6) is 0 Å². The van der Waals surface area contributed by atoms with Crippen LogP contribution in [0.2, 0.25) is 10.0 Å². The van der Waals surface area contributed by atoms with Crippen molar-refractivity contribution >= 4 is 34.6 Å². The molecular formula is C18H13Cl2FO2. The number of benzene rings is 2. The summed E-state index contributed by atoms with van der Waals surface area (Å²) in [7, 11) is 1.47. The molecule has 1 aliphatic rings. The molecule has 0 aromatic heterocycles. The maximum atomic E-state index is 14.7. The largest absolute Gasteiger partial charge is 0.500 e. The molecule has 0 saturated carbocycles. The summed E-state index contributed by atoms with van der Waals surface area (Å²) in [6, 6.07) is 10.0. The Morgan fingerprint density at radius 3 is 2.35 bits per heavy atom. The van der Waals surface area contributed by atoms with Crippen molar-refractivity contribution in [2.24, 2.45) is 0 Å². The summed E-state index contributed by atoms with van der Waals surface area (Å²) in [6.07, 6.45) is 0.784. The second kappa shape index (κ2) is 6.34. The zero-order valence-electron chi connectivity index (χ0n) is 12.3. The minimum absolute atomic E-state index is 0.115. The molecule has 23 heavy (non-hydrogen) atoms. The molecule has 0 fully saturated rings. The van der Waals surface area contributed by atoms with Gasteiger partial charge in [-0.2, -0.15) is 0 Å².